The first-order valence-corrected chi connectivity index (χ1v) is 6.22. The first kappa shape index (κ1) is 9.25. The Bertz CT molecular complexity index is 311. The number of allylic oxidation sites excluding steroid dienone is 4. The topological polar surface area (TPSA) is 34.1 Å². The molecule has 0 N–H and O–H groups in total. The van der Waals surface area contributed by atoms with Crippen LogP contribution in [-0.4, -0.2) is 14.7 Å². The minimum absolute atomic E-state index is 0.554. The highest BCUT2D eigenvalue weighted by molar-refractivity contribution is 14.1. The molecule has 2 nitrogen and oxygen atoms in total. The van der Waals surface area contributed by atoms with E-state index in [1.807, 2.05) is 6.08 Å². The fourth-order valence-corrected chi connectivity index (χ4v) is 2.14. The Labute approximate surface area is 80.4 Å². The van der Waals surface area contributed by atoms with Gasteiger partial charge in [0.2, 0.25) is 0 Å². The summed E-state index contributed by atoms with van der Waals surface area (Å²) in [5, 5.41) is 0. The van der Waals surface area contributed by atoms with Gasteiger partial charge in [-0.05, 0) is 45.1 Å². The Balaban J connectivity index is 2.95. The van der Waals surface area contributed by atoms with E-state index in [2.05, 4.69) is 22.6 Å². The van der Waals surface area contributed by atoms with Gasteiger partial charge < -0.3 is 0 Å². The van der Waals surface area contributed by atoms with Crippen molar-refractivity contribution in [1.82, 2.24) is 0 Å². The van der Waals surface area contributed by atoms with Crippen molar-refractivity contribution in [2.45, 2.75) is 12.8 Å². The van der Waals surface area contributed by atoms with E-state index in [9.17, 15) is 8.42 Å². The van der Waals surface area contributed by atoms with Crippen LogP contribution in [0.4, 0.5) is 0 Å². The molecule has 0 fully saturated rings. The summed E-state index contributed by atoms with van der Waals surface area (Å²) >= 11 is 2.22. The highest BCUT2D eigenvalue weighted by Crippen LogP contribution is 2.25. The first-order valence-electron chi connectivity index (χ1n) is 3.25. The number of sulfone groups is 1. The molecule has 0 aliphatic heterocycles. The third-order valence-corrected chi connectivity index (χ3v) is 3.73. The molecule has 1 rings (SSSR count). The molecule has 0 bridgehead atoms. The normalized spacial score (nSPS) is 19.1. The summed E-state index contributed by atoms with van der Waals surface area (Å²) in [7, 11) is -2.94. The predicted octanol–water partition coefficient (Wildman–Crippen LogP) is 2.03. The zero-order valence-corrected chi connectivity index (χ0v) is 9.15. The van der Waals surface area contributed by atoms with Crippen molar-refractivity contribution in [3.8, 4) is 0 Å². The van der Waals surface area contributed by atoms with Gasteiger partial charge in [0.05, 0.1) is 0 Å². The lowest BCUT2D eigenvalue weighted by atomic mass is 10.2. The van der Waals surface area contributed by atoms with Crippen LogP contribution < -0.4 is 0 Å². The molecule has 0 spiro atoms. The summed E-state index contributed by atoms with van der Waals surface area (Å²) in [5.41, 5.74) is 0. The Hall–Kier alpha value is 0.160. The maximum Gasteiger partial charge on any atom is 0.171 e. The molecule has 0 aromatic heterocycles. The molecule has 0 heterocycles. The second kappa shape index (κ2) is 3.26. The number of halogens is 1. The van der Waals surface area contributed by atoms with Crippen molar-refractivity contribution in [1.29, 1.82) is 0 Å². The molecule has 0 saturated heterocycles. The molecule has 0 atom stereocenters. The lowest BCUT2D eigenvalue weighted by Crippen LogP contribution is -2.02. The summed E-state index contributed by atoms with van der Waals surface area (Å²) in [6, 6.07) is 0. The van der Waals surface area contributed by atoms with Crippen LogP contribution in [0.5, 0.6) is 0 Å². The maximum atomic E-state index is 11.0. The van der Waals surface area contributed by atoms with Gasteiger partial charge in [-0.3, -0.25) is 0 Å². The van der Waals surface area contributed by atoms with Gasteiger partial charge in [-0.15, -0.1) is 0 Å². The third-order valence-electron chi connectivity index (χ3n) is 1.54. The molecule has 11 heavy (non-hydrogen) atoms. The Morgan fingerprint density at radius 2 is 2.00 bits per heavy atom. The van der Waals surface area contributed by atoms with Crippen LogP contribution in [0.25, 0.3) is 0 Å². The molecular formula is C7H9IO2S. The molecule has 0 unspecified atom stereocenters. The molecule has 62 valence electrons. The molecule has 1 aliphatic rings. The van der Waals surface area contributed by atoms with Crippen LogP contribution in [0, 0.1) is 0 Å². The van der Waals surface area contributed by atoms with Gasteiger partial charge in [0.15, 0.2) is 9.84 Å². The summed E-state index contributed by atoms with van der Waals surface area (Å²) < 4.78 is 23.2. The molecule has 0 amide bonds. The van der Waals surface area contributed by atoms with Crippen molar-refractivity contribution >= 4 is 32.4 Å². The Morgan fingerprint density at radius 3 is 2.36 bits per heavy atom. The van der Waals surface area contributed by atoms with Gasteiger partial charge in [0.1, 0.15) is 0 Å². The second-order valence-electron chi connectivity index (χ2n) is 2.52. The zero-order valence-electron chi connectivity index (χ0n) is 6.17. The van der Waals surface area contributed by atoms with E-state index in [4.69, 9.17) is 0 Å². The Kier molecular flexibility index (Phi) is 2.74. The van der Waals surface area contributed by atoms with Crippen LogP contribution >= 0.6 is 22.6 Å². The van der Waals surface area contributed by atoms with Gasteiger partial charge in [-0.1, -0.05) is 6.08 Å². The van der Waals surface area contributed by atoms with E-state index in [0.717, 1.165) is 6.42 Å². The monoisotopic (exact) mass is 284 g/mol. The van der Waals surface area contributed by atoms with E-state index >= 15 is 0 Å². The van der Waals surface area contributed by atoms with Crippen molar-refractivity contribution in [3.05, 3.63) is 20.6 Å². The molecule has 4 heteroatoms. The van der Waals surface area contributed by atoms with E-state index in [0.29, 0.717) is 11.3 Å². The molecule has 0 saturated carbocycles. The van der Waals surface area contributed by atoms with Gasteiger partial charge in [0, 0.05) is 11.2 Å². The summed E-state index contributed by atoms with van der Waals surface area (Å²) in [5.74, 6) is 0. The van der Waals surface area contributed by atoms with Crippen LogP contribution in [-0.2, 0) is 9.84 Å². The lowest BCUT2D eigenvalue weighted by molar-refractivity contribution is 0.605. The standard InChI is InChI=1S/C7H9IO2S/c1-11(9,10)7-4-2-6(8)3-5-7/h2,4H,3,5H2,1H3. The van der Waals surface area contributed by atoms with E-state index in [1.165, 1.54) is 9.84 Å². The van der Waals surface area contributed by atoms with Crippen molar-refractivity contribution in [2.75, 3.05) is 6.26 Å². The summed E-state index contributed by atoms with van der Waals surface area (Å²) in [4.78, 5) is 0.554. The number of hydrogen-bond donors (Lipinski definition) is 0. The maximum absolute atomic E-state index is 11.0. The smallest absolute Gasteiger partial charge is 0.171 e. The summed E-state index contributed by atoms with van der Waals surface area (Å²) in [6.45, 7) is 0. The SMILES string of the molecule is CS(=O)(=O)C1=CC=C(I)CC1. The largest absolute Gasteiger partial charge is 0.224 e. The second-order valence-corrected chi connectivity index (χ2v) is 5.97. The van der Waals surface area contributed by atoms with Crippen molar-refractivity contribution in [2.24, 2.45) is 0 Å². The number of rotatable bonds is 1. The van der Waals surface area contributed by atoms with Crippen molar-refractivity contribution in [3.63, 3.8) is 0 Å². The Morgan fingerprint density at radius 1 is 1.36 bits per heavy atom. The van der Waals surface area contributed by atoms with E-state index in [1.54, 1.807) is 6.08 Å². The molecule has 1 aliphatic carbocycles. The van der Waals surface area contributed by atoms with Gasteiger partial charge in [-0.2, -0.15) is 0 Å². The molecule has 0 radical (unpaired) electrons. The minimum Gasteiger partial charge on any atom is -0.224 e. The quantitative estimate of drug-likeness (QED) is 0.690. The minimum atomic E-state index is -2.94. The number of hydrogen-bond acceptors (Lipinski definition) is 2. The lowest BCUT2D eigenvalue weighted by Gasteiger charge is -2.08. The fourth-order valence-electron chi connectivity index (χ4n) is 0.902. The van der Waals surface area contributed by atoms with Crippen molar-refractivity contribution < 1.29 is 8.42 Å². The molecular weight excluding hydrogens is 275 g/mol. The predicted molar refractivity (Wildman–Crippen MR) is 54.3 cm³/mol. The van der Waals surface area contributed by atoms with E-state index in [-0.39, 0.29) is 0 Å². The van der Waals surface area contributed by atoms with Gasteiger partial charge in [0.25, 0.3) is 0 Å². The van der Waals surface area contributed by atoms with Gasteiger partial charge >= 0.3 is 0 Å². The van der Waals surface area contributed by atoms with Crippen LogP contribution in [0.3, 0.4) is 0 Å². The van der Waals surface area contributed by atoms with Gasteiger partial charge in [-0.25, -0.2) is 8.42 Å². The highest BCUT2D eigenvalue weighted by Gasteiger charge is 2.13. The zero-order chi connectivity index (χ0) is 8.48. The van der Waals surface area contributed by atoms with Crippen LogP contribution in [0.2, 0.25) is 0 Å². The summed E-state index contributed by atoms with van der Waals surface area (Å²) in [6.07, 6.45) is 6.33. The highest BCUT2D eigenvalue weighted by atomic mass is 127. The average molecular weight is 284 g/mol. The third kappa shape index (κ3) is 2.59. The molecule has 0 aromatic rings. The fraction of sp³-hybridized carbons (Fsp3) is 0.429. The first-order chi connectivity index (χ1) is 5.00. The van der Waals surface area contributed by atoms with Crippen LogP contribution in [0.1, 0.15) is 12.8 Å². The molecule has 0 aromatic carbocycles. The van der Waals surface area contributed by atoms with E-state index < -0.39 is 9.84 Å². The van der Waals surface area contributed by atoms with Crippen LogP contribution in [0.15, 0.2) is 20.6 Å². The average Bonchev–Trinajstić information content (AvgIpc) is 1.86.